The van der Waals surface area contributed by atoms with E-state index >= 15 is 0 Å². The van der Waals surface area contributed by atoms with Crippen LogP contribution in [0.15, 0.2) is 24.3 Å². The number of para-hydroxylation sites is 1. The van der Waals surface area contributed by atoms with Crippen molar-refractivity contribution in [3.05, 3.63) is 39.9 Å². The Morgan fingerprint density at radius 1 is 1.50 bits per heavy atom. The smallest absolute Gasteiger partial charge is 0.273 e. The van der Waals surface area contributed by atoms with Crippen LogP contribution in [-0.2, 0) is 11.2 Å². The van der Waals surface area contributed by atoms with E-state index in [9.17, 15) is 14.9 Å². The van der Waals surface area contributed by atoms with Gasteiger partial charge in [-0.3, -0.25) is 14.9 Å². The number of carbonyl (C=O) groups excluding carboxylic acids is 1. The molecule has 0 aliphatic heterocycles. The van der Waals surface area contributed by atoms with E-state index < -0.39 is 4.92 Å². The van der Waals surface area contributed by atoms with Crippen molar-refractivity contribution in [3.63, 3.8) is 0 Å². The van der Waals surface area contributed by atoms with Crippen LogP contribution in [0.3, 0.4) is 0 Å². The molecule has 2 N–H and O–H groups in total. The first kappa shape index (κ1) is 14.5. The topological polar surface area (TPSA) is 89.5 Å². The van der Waals surface area contributed by atoms with E-state index in [-0.39, 0.29) is 24.1 Å². The van der Waals surface area contributed by atoms with Crippen molar-refractivity contribution in [2.45, 2.75) is 25.3 Å². The number of nitrogens with zero attached hydrogens (tertiary/aromatic N) is 2. The fourth-order valence-corrected chi connectivity index (χ4v) is 2.46. The highest BCUT2D eigenvalue weighted by atomic mass is 16.6. The van der Waals surface area contributed by atoms with Gasteiger partial charge in [-0.2, -0.15) is 0 Å². The van der Waals surface area contributed by atoms with Crippen LogP contribution in [0.5, 0.6) is 0 Å². The van der Waals surface area contributed by atoms with Crippen molar-refractivity contribution < 1.29 is 9.72 Å². The molecule has 1 aromatic rings. The Morgan fingerprint density at radius 3 is 2.70 bits per heavy atom. The number of rotatable bonds is 6. The van der Waals surface area contributed by atoms with Crippen LogP contribution < -0.4 is 5.73 Å². The van der Waals surface area contributed by atoms with Gasteiger partial charge in [-0.1, -0.05) is 18.2 Å². The summed E-state index contributed by atoms with van der Waals surface area (Å²) in [5.41, 5.74) is 6.16. The molecule has 0 aromatic heterocycles. The first-order chi connectivity index (χ1) is 9.54. The minimum Gasteiger partial charge on any atom is -0.341 e. The normalized spacial score (nSPS) is 15.7. The Bertz CT molecular complexity index is 514. The summed E-state index contributed by atoms with van der Waals surface area (Å²) in [6.07, 6.45) is 2.24. The maximum Gasteiger partial charge on any atom is 0.273 e. The van der Waals surface area contributed by atoms with E-state index in [0.29, 0.717) is 18.0 Å². The van der Waals surface area contributed by atoms with Crippen LogP contribution in [0.1, 0.15) is 18.4 Å². The van der Waals surface area contributed by atoms with Gasteiger partial charge in [0.1, 0.15) is 0 Å². The molecule has 6 heteroatoms. The zero-order chi connectivity index (χ0) is 14.7. The van der Waals surface area contributed by atoms with E-state index in [2.05, 4.69) is 0 Å². The zero-order valence-electron chi connectivity index (χ0n) is 11.5. The van der Waals surface area contributed by atoms with Crippen LogP contribution in [0, 0.1) is 16.0 Å². The van der Waals surface area contributed by atoms with Gasteiger partial charge in [-0.05, 0) is 18.8 Å². The van der Waals surface area contributed by atoms with Crippen molar-refractivity contribution in [3.8, 4) is 0 Å². The summed E-state index contributed by atoms with van der Waals surface area (Å²) in [5.74, 6) is 0.362. The molecule has 1 unspecified atom stereocenters. The van der Waals surface area contributed by atoms with Gasteiger partial charge < -0.3 is 10.6 Å². The van der Waals surface area contributed by atoms with Crippen LogP contribution >= 0.6 is 0 Å². The number of nitro groups is 1. The zero-order valence-corrected chi connectivity index (χ0v) is 11.5. The summed E-state index contributed by atoms with van der Waals surface area (Å²) in [6.45, 7) is 0.434. The van der Waals surface area contributed by atoms with E-state index in [0.717, 1.165) is 12.8 Å². The Balaban J connectivity index is 2.09. The highest BCUT2D eigenvalue weighted by molar-refractivity contribution is 5.80. The molecule has 0 radical (unpaired) electrons. The van der Waals surface area contributed by atoms with E-state index in [1.54, 1.807) is 30.1 Å². The minimum atomic E-state index is -0.454. The summed E-state index contributed by atoms with van der Waals surface area (Å²) in [6, 6.07) is 6.40. The molecular weight excluding hydrogens is 258 g/mol. The van der Waals surface area contributed by atoms with Gasteiger partial charge in [0.15, 0.2) is 0 Å². The lowest BCUT2D eigenvalue weighted by molar-refractivity contribution is -0.385. The molecule has 0 saturated heterocycles. The highest BCUT2D eigenvalue weighted by Crippen LogP contribution is 2.34. The number of benzene rings is 1. The molecule has 108 valence electrons. The Hall–Kier alpha value is -1.95. The summed E-state index contributed by atoms with van der Waals surface area (Å²) in [7, 11) is 1.73. The largest absolute Gasteiger partial charge is 0.341 e. The third-order valence-corrected chi connectivity index (χ3v) is 3.83. The van der Waals surface area contributed by atoms with E-state index in [4.69, 9.17) is 5.73 Å². The molecule has 2 rings (SSSR count). The number of nitro benzene ring substituents is 1. The van der Waals surface area contributed by atoms with Crippen molar-refractivity contribution in [2.75, 3.05) is 13.6 Å². The Labute approximate surface area is 117 Å². The molecule has 1 atom stereocenters. The minimum absolute atomic E-state index is 0.00929. The van der Waals surface area contributed by atoms with Crippen LogP contribution in [-0.4, -0.2) is 35.4 Å². The molecule has 0 heterocycles. The second-order valence-electron chi connectivity index (χ2n) is 5.21. The Morgan fingerprint density at radius 2 is 2.15 bits per heavy atom. The van der Waals surface area contributed by atoms with E-state index in [1.807, 2.05) is 0 Å². The number of amides is 1. The summed E-state index contributed by atoms with van der Waals surface area (Å²) in [4.78, 5) is 24.4. The molecule has 1 aliphatic rings. The van der Waals surface area contributed by atoms with Crippen LogP contribution in [0.2, 0.25) is 0 Å². The number of hydrogen-bond acceptors (Lipinski definition) is 4. The quantitative estimate of drug-likeness (QED) is 0.627. The maximum atomic E-state index is 12.3. The average molecular weight is 277 g/mol. The molecule has 6 nitrogen and oxygen atoms in total. The number of nitrogens with two attached hydrogens (primary N) is 1. The van der Waals surface area contributed by atoms with Crippen LogP contribution in [0.25, 0.3) is 0 Å². The van der Waals surface area contributed by atoms with Gasteiger partial charge >= 0.3 is 0 Å². The summed E-state index contributed by atoms with van der Waals surface area (Å²) < 4.78 is 0. The van der Waals surface area contributed by atoms with Crippen molar-refractivity contribution >= 4 is 11.6 Å². The van der Waals surface area contributed by atoms with Crippen molar-refractivity contribution in [1.29, 1.82) is 0 Å². The lowest BCUT2D eigenvalue weighted by atomic mass is 10.1. The van der Waals surface area contributed by atoms with E-state index in [1.165, 1.54) is 6.07 Å². The second-order valence-corrected chi connectivity index (χ2v) is 5.21. The van der Waals surface area contributed by atoms with Gasteiger partial charge in [0.2, 0.25) is 5.91 Å². The van der Waals surface area contributed by atoms with Crippen molar-refractivity contribution in [2.24, 2.45) is 11.7 Å². The molecule has 1 amide bonds. The van der Waals surface area contributed by atoms with Gasteiger partial charge in [0, 0.05) is 31.3 Å². The number of likely N-dealkylation sites (N-methyl/N-ethyl adjacent to an activating group) is 1. The summed E-state index contributed by atoms with van der Waals surface area (Å²) >= 11 is 0. The molecule has 1 fully saturated rings. The predicted molar refractivity (Wildman–Crippen MR) is 75.1 cm³/mol. The average Bonchev–Trinajstić information content (AvgIpc) is 3.24. The van der Waals surface area contributed by atoms with Crippen LogP contribution in [0.4, 0.5) is 5.69 Å². The molecule has 1 saturated carbocycles. The molecular formula is C14H19N3O3. The molecule has 1 aromatic carbocycles. The third-order valence-electron chi connectivity index (χ3n) is 3.83. The lowest BCUT2D eigenvalue weighted by Crippen LogP contribution is -2.44. The van der Waals surface area contributed by atoms with Gasteiger partial charge in [0.25, 0.3) is 5.69 Å². The number of hydrogen-bond donors (Lipinski definition) is 1. The molecule has 1 aliphatic carbocycles. The first-order valence-corrected chi connectivity index (χ1v) is 6.72. The number of carbonyl (C=O) groups is 1. The first-order valence-electron chi connectivity index (χ1n) is 6.72. The maximum absolute atomic E-state index is 12.3. The molecule has 20 heavy (non-hydrogen) atoms. The van der Waals surface area contributed by atoms with Gasteiger partial charge in [-0.25, -0.2) is 0 Å². The fraction of sp³-hybridized carbons (Fsp3) is 0.500. The molecule has 0 spiro atoms. The standard InChI is InChI=1S/C14H19N3O3/c1-16(13(9-15)10-6-7-10)14(18)8-11-4-2-3-5-12(11)17(19)20/h2-5,10,13H,6-9,15H2,1H3. The Kier molecular flexibility index (Phi) is 4.34. The third kappa shape index (κ3) is 3.14. The SMILES string of the molecule is CN(C(=O)Cc1ccccc1[N+](=O)[O-])C(CN)C1CC1. The monoisotopic (exact) mass is 277 g/mol. The fourth-order valence-electron chi connectivity index (χ4n) is 2.46. The summed E-state index contributed by atoms with van der Waals surface area (Å²) in [5, 5.41) is 10.9. The van der Waals surface area contributed by atoms with Gasteiger partial charge in [-0.15, -0.1) is 0 Å². The van der Waals surface area contributed by atoms with Crippen molar-refractivity contribution in [1.82, 2.24) is 4.90 Å². The second kappa shape index (κ2) is 6.00. The highest BCUT2D eigenvalue weighted by Gasteiger charge is 2.35. The van der Waals surface area contributed by atoms with Gasteiger partial charge in [0.05, 0.1) is 11.3 Å². The predicted octanol–water partition coefficient (Wildman–Crippen LogP) is 1.33. The molecule has 0 bridgehead atoms. The lowest BCUT2D eigenvalue weighted by Gasteiger charge is -2.27.